The molecule has 0 atom stereocenters. The molecule has 0 aromatic heterocycles. The Kier molecular flexibility index (Phi) is 6.49. The van der Waals surface area contributed by atoms with E-state index in [1.165, 1.54) is 43.5 Å². The van der Waals surface area contributed by atoms with Crippen molar-refractivity contribution in [2.24, 2.45) is 0 Å². The highest BCUT2D eigenvalue weighted by Crippen LogP contribution is 2.25. The number of benzene rings is 3. The first-order valence-corrected chi connectivity index (χ1v) is 13.3. The van der Waals surface area contributed by atoms with Gasteiger partial charge in [0.25, 0.3) is 20.0 Å². The van der Waals surface area contributed by atoms with Crippen LogP contribution in [0.2, 0.25) is 0 Å². The van der Waals surface area contributed by atoms with Gasteiger partial charge in [-0.15, -0.1) is 0 Å². The number of hydrogen-bond donors (Lipinski definition) is 2. The van der Waals surface area contributed by atoms with Gasteiger partial charge in [-0.25, -0.2) is 16.8 Å². The van der Waals surface area contributed by atoms with Crippen LogP contribution < -0.4 is 19.1 Å². The number of amides is 1. The van der Waals surface area contributed by atoms with Gasteiger partial charge in [-0.05, 0) is 79.2 Å². The summed E-state index contributed by atoms with van der Waals surface area (Å²) < 4.78 is 60.7. The molecule has 4 rings (SSSR count). The molecular weight excluding hydrogens is 478 g/mol. The molecule has 9 nitrogen and oxygen atoms in total. The van der Waals surface area contributed by atoms with Crippen molar-refractivity contribution < 1.29 is 26.4 Å². The van der Waals surface area contributed by atoms with Crippen LogP contribution in [0.25, 0.3) is 0 Å². The van der Waals surface area contributed by atoms with E-state index in [-0.39, 0.29) is 21.4 Å². The predicted molar refractivity (Wildman–Crippen MR) is 129 cm³/mol. The molecule has 1 aliphatic rings. The molecule has 1 amide bonds. The lowest BCUT2D eigenvalue weighted by molar-refractivity contribution is -0.117. The molecule has 0 bridgehead atoms. The molecule has 0 saturated carbocycles. The zero-order valence-corrected chi connectivity index (χ0v) is 19.9. The molecule has 0 spiro atoms. The van der Waals surface area contributed by atoms with Gasteiger partial charge in [-0.2, -0.15) is 0 Å². The van der Waals surface area contributed by atoms with E-state index in [1.54, 1.807) is 41.3 Å². The largest absolute Gasteiger partial charge is 0.497 e. The summed E-state index contributed by atoms with van der Waals surface area (Å²) in [5.41, 5.74) is 1.23. The van der Waals surface area contributed by atoms with Gasteiger partial charge in [0.05, 0.1) is 16.9 Å². The monoisotopic (exact) mass is 501 g/mol. The summed E-state index contributed by atoms with van der Waals surface area (Å²) in [5.74, 6) is 0.615. The van der Waals surface area contributed by atoms with Crippen molar-refractivity contribution in [1.29, 1.82) is 0 Å². The van der Waals surface area contributed by atoms with Gasteiger partial charge < -0.3 is 9.64 Å². The van der Waals surface area contributed by atoms with E-state index in [0.717, 1.165) is 6.42 Å². The van der Waals surface area contributed by atoms with Crippen LogP contribution in [0.1, 0.15) is 12.8 Å². The summed E-state index contributed by atoms with van der Waals surface area (Å²) in [7, 11) is -6.25. The van der Waals surface area contributed by atoms with Gasteiger partial charge in [-0.1, -0.05) is 0 Å². The van der Waals surface area contributed by atoms with Crippen LogP contribution in [0.5, 0.6) is 5.75 Å². The lowest BCUT2D eigenvalue weighted by atomic mass is 10.3. The standard InChI is InChI=1S/C23H23N3O6S2/c1-32-20-10-4-17(5-11-20)24-33(28,29)21-12-6-18(7-13-21)25-34(30,31)22-14-8-19(9-15-22)26-16-2-3-23(26)27/h4-15,24-25H,2-3,16H2,1H3. The Morgan fingerprint density at radius 2 is 1.21 bits per heavy atom. The Balaban J connectivity index is 1.45. The third kappa shape index (κ3) is 5.15. The summed E-state index contributed by atoms with van der Waals surface area (Å²) in [6.07, 6.45) is 1.27. The van der Waals surface area contributed by atoms with E-state index >= 15 is 0 Å². The predicted octanol–water partition coefficient (Wildman–Crippen LogP) is 3.42. The molecule has 1 aliphatic heterocycles. The minimum Gasteiger partial charge on any atom is -0.497 e. The second kappa shape index (κ2) is 9.35. The first-order valence-electron chi connectivity index (χ1n) is 10.4. The van der Waals surface area contributed by atoms with Crippen molar-refractivity contribution in [3.05, 3.63) is 72.8 Å². The number of anilines is 3. The molecule has 0 unspecified atom stereocenters. The van der Waals surface area contributed by atoms with Crippen LogP contribution in [-0.4, -0.2) is 36.4 Å². The molecular formula is C23H23N3O6S2. The third-order valence-corrected chi connectivity index (χ3v) is 8.09. The highest BCUT2D eigenvalue weighted by molar-refractivity contribution is 7.93. The number of carbonyl (C=O) groups is 1. The van der Waals surface area contributed by atoms with E-state index in [0.29, 0.717) is 30.1 Å². The minimum absolute atomic E-state index is 0.0188. The number of rotatable bonds is 8. The third-order valence-electron chi connectivity index (χ3n) is 5.29. The van der Waals surface area contributed by atoms with E-state index in [9.17, 15) is 21.6 Å². The van der Waals surface area contributed by atoms with Crippen molar-refractivity contribution >= 4 is 43.0 Å². The number of nitrogens with one attached hydrogen (secondary N) is 2. The molecule has 178 valence electrons. The zero-order chi connectivity index (χ0) is 24.3. The lowest BCUT2D eigenvalue weighted by Gasteiger charge is -2.16. The van der Waals surface area contributed by atoms with E-state index in [2.05, 4.69) is 9.44 Å². The van der Waals surface area contributed by atoms with Crippen molar-refractivity contribution in [3.8, 4) is 5.75 Å². The molecule has 0 radical (unpaired) electrons. The van der Waals surface area contributed by atoms with Gasteiger partial charge >= 0.3 is 0 Å². The Morgan fingerprint density at radius 3 is 1.65 bits per heavy atom. The van der Waals surface area contributed by atoms with Gasteiger partial charge in [0.2, 0.25) is 5.91 Å². The Labute approximate surface area is 198 Å². The number of methoxy groups -OCH3 is 1. The minimum atomic E-state index is -3.90. The maximum Gasteiger partial charge on any atom is 0.261 e. The molecule has 1 saturated heterocycles. The second-order valence-corrected chi connectivity index (χ2v) is 11.0. The van der Waals surface area contributed by atoms with Crippen molar-refractivity contribution in [1.82, 2.24) is 0 Å². The fourth-order valence-corrected chi connectivity index (χ4v) is 5.63. The number of ether oxygens (including phenoxy) is 1. The molecule has 34 heavy (non-hydrogen) atoms. The molecule has 11 heteroatoms. The Bertz CT molecular complexity index is 1390. The van der Waals surface area contributed by atoms with Crippen molar-refractivity contribution in [2.75, 3.05) is 28.0 Å². The number of carbonyl (C=O) groups excluding carboxylic acids is 1. The Morgan fingerprint density at radius 1 is 0.735 bits per heavy atom. The normalized spacial score (nSPS) is 14.1. The zero-order valence-electron chi connectivity index (χ0n) is 18.3. The smallest absolute Gasteiger partial charge is 0.261 e. The van der Waals surface area contributed by atoms with Crippen molar-refractivity contribution in [2.45, 2.75) is 22.6 Å². The summed E-state index contributed by atoms with van der Waals surface area (Å²) in [5, 5.41) is 0. The molecule has 3 aromatic carbocycles. The van der Waals surface area contributed by atoms with Crippen LogP contribution in [0.15, 0.2) is 82.6 Å². The van der Waals surface area contributed by atoms with Gasteiger partial charge in [0.1, 0.15) is 5.75 Å². The molecule has 1 fully saturated rings. The van der Waals surface area contributed by atoms with E-state index in [1.807, 2.05) is 0 Å². The highest BCUT2D eigenvalue weighted by Gasteiger charge is 2.23. The number of nitrogens with zero attached hydrogens (tertiary/aromatic N) is 1. The maximum atomic E-state index is 12.7. The maximum absolute atomic E-state index is 12.7. The van der Waals surface area contributed by atoms with E-state index < -0.39 is 20.0 Å². The van der Waals surface area contributed by atoms with Crippen LogP contribution in [0.3, 0.4) is 0 Å². The topological polar surface area (TPSA) is 122 Å². The number of hydrogen-bond acceptors (Lipinski definition) is 6. The average Bonchev–Trinajstić information content (AvgIpc) is 3.25. The van der Waals surface area contributed by atoms with Crippen molar-refractivity contribution in [3.63, 3.8) is 0 Å². The van der Waals surface area contributed by atoms with Gasteiger partial charge in [0.15, 0.2) is 0 Å². The fourth-order valence-electron chi connectivity index (χ4n) is 3.52. The van der Waals surface area contributed by atoms with Crippen LogP contribution >= 0.6 is 0 Å². The molecule has 1 heterocycles. The molecule has 3 aromatic rings. The Hall–Kier alpha value is -3.57. The fraction of sp³-hybridized carbons (Fsp3) is 0.174. The SMILES string of the molecule is COc1ccc(NS(=O)(=O)c2ccc(NS(=O)(=O)c3ccc(N4CCCC4=O)cc3)cc2)cc1. The van der Waals surface area contributed by atoms with Gasteiger partial charge in [0, 0.05) is 30.0 Å². The van der Waals surface area contributed by atoms with Crippen LogP contribution in [-0.2, 0) is 24.8 Å². The van der Waals surface area contributed by atoms with Crippen LogP contribution in [0, 0.1) is 0 Å². The second-order valence-electron chi connectivity index (χ2n) is 7.61. The lowest BCUT2D eigenvalue weighted by Crippen LogP contribution is -2.23. The van der Waals surface area contributed by atoms with E-state index in [4.69, 9.17) is 4.74 Å². The quantitative estimate of drug-likeness (QED) is 0.488. The molecule has 0 aliphatic carbocycles. The first-order chi connectivity index (χ1) is 16.2. The summed E-state index contributed by atoms with van der Waals surface area (Å²) in [4.78, 5) is 13.5. The van der Waals surface area contributed by atoms with Gasteiger partial charge in [-0.3, -0.25) is 14.2 Å². The summed E-state index contributed by atoms with van der Waals surface area (Å²) in [6, 6.07) is 17.8. The highest BCUT2D eigenvalue weighted by atomic mass is 32.2. The summed E-state index contributed by atoms with van der Waals surface area (Å²) in [6.45, 7) is 0.617. The first kappa shape index (κ1) is 23.6. The average molecular weight is 502 g/mol. The summed E-state index contributed by atoms with van der Waals surface area (Å²) >= 11 is 0. The molecule has 2 N–H and O–H groups in total. The number of sulfonamides is 2. The van der Waals surface area contributed by atoms with Crippen LogP contribution in [0.4, 0.5) is 17.1 Å².